The summed E-state index contributed by atoms with van der Waals surface area (Å²) in [5, 5.41) is 7.44. The molecule has 0 saturated carbocycles. The molecule has 3 aromatic carbocycles. The zero-order valence-electron chi connectivity index (χ0n) is 12.5. The SMILES string of the molecule is c1ccc2c(c1)-c1nc3ccc4ccccc4c3cc1C1NC21. The molecule has 1 aliphatic heterocycles. The van der Waals surface area contributed by atoms with Gasteiger partial charge < -0.3 is 0 Å². The lowest BCUT2D eigenvalue weighted by atomic mass is 9.88. The number of rotatable bonds is 0. The van der Waals surface area contributed by atoms with Gasteiger partial charge in [0.1, 0.15) is 0 Å². The molecule has 0 bridgehead atoms. The van der Waals surface area contributed by atoms with Gasteiger partial charge in [0.15, 0.2) is 0 Å². The molecular formula is C21H14N2. The van der Waals surface area contributed by atoms with E-state index >= 15 is 0 Å². The topological polar surface area (TPSA) is 34.8 Å². The Balaban J connectivity index is 1.75. The van der Waals surface area contributed by atoms with Gasteiger partial charge in [0.2, 0.25) is 0 Å². The largest absolute Gasteiger partial charge is 0.300 e. The summed E-state index contributed by atoms with van der Waals surface area (Å²) in [5.41, 5.74) is 6.24. The second-order valence-corrected chi connectivity index (χ2v) is 6.49. The zero-order chi connectivity index (χ0) is 15.0. The van der Waals surface area contributed by atoms with Gasteiger partial charge in [-0.1, -0.05) is 54.6 Å². The van der Waals surface area contributed by atoms with Crippen molar-refractivity contribution in [3.05, 3.63) is 77.9 Å². The molecule has 2 unspecified atom stereocenters. The molecule has 2 nitrogen and oxygen atoms in total. The number of aromatic nitrogens is 1. The highest BCUT2D eigenvalue weighted by molar-refractivity contribution is 6.07. The van der Waals surface area contributed by atoms with Crippen LogP contribution in [0.25, 0.3) is 32.9 Å². The van der Waals surface area contributed by atoms with Crippen molar-refractivity contribution in [2.24, 2.45) is 0 Å². The summed E-state index contributed by atoms with van der Waals surface area (Å²) in [6.07, 6.45) is 0. The molecule has 2 heteroatoms. The first kappa shape index (κ1) is 11.8. The second kappa shape index (κ2) is 3.98. The lowest BCUT2D eigenvalue weighted by Crippen LogP contribution is -2.02. The minimum Gasteiger partial charge on any atom is -0.300 e. The summed E-state index contributed by atoms with van der Waals surface area (Å²) in [4.78, 5) is 5.04. The summed E-state index contributed by atoms with van der Waals surface area (Å²) < 4.78 is 0. The molecule has 1 fully saturated rings. The summed E-state index contributed by atoms with van der Waals surface area (Å²) in [6, 6.07) is 24.8. The number of fused-ring (bicyclic) bond motifs is 9. The van der Waals surface area contributed by atoms with E-state index in [9.17, 15) is 0 Å². The Hall–Kier alpha value is -2.71. The maximum atomic E-state index is 5.04. The standard InChI is InChI=1S/C21H14N2/c1-2-6-13-12(5-1)9-10-18-16(13)11-17-19(22-18)14-7-3-4-8-15(14)20-21(17)23-20/h1-11,20-21,23H. The lowest BCUT2D eigenvalue weighted by molar-refractivity contribution is 0.993. The molecule has 0 spiro atoms. The van der Waals surface area contributed by atoms with Crippen molar-refractivity contribution in [3.8, 4) is 11.3 Å². The van der Waals surface area contributed by atoms with Crippen LogP contribution in [0.1, 0.15) is 23.2 Å². The normalized spacial score (nSPS) is 20.9. The van der Waals surface area contributed by atoms with Crippen LogP contribution < -0.4 is 5.32 Å². The summed E-state index contributed by atoms with van der Waals surface area (Å²) in [5.74, 6) is 0. The molecule has 1 N–H and O–H groups in total. The van der Waals surface area contributed by atoms with Crippen LogP contribution in [-0.2, 0) is 0 Å². The van der Waals surface area contributed by atoms with E-state index in [0.717, 1.165) is 11.2 Å². The Labute approximate surface area is 133 Å². The fourth-order valence-electron chi connectivity index (χ4n) is 4.06. The smallest absolute Gasteiger partial charge is 0.0761 e. The first-order valence-electron chi connectivity index (χ1n) is 8.08. The molecule has 1 aliphatic carbocycles. The fourth-order valence-corrected chi connectivity index (χ4v) is 4.06. The number of hydrogen-bond donors (Lipinski definition) is 1. The number of pyridine rings is 1. The molecular weight excluding hydrogens is 280 g/mol. The van der Waals surface area contributed by atoms with Crippen LogP contribution in [-0.4, -0.2) is 4.98 Å². The first-order chi connectivity index (χ1) is 11.4. The van der Waals surface area contributed by atoms with Gasteiger partial charge in [-0.15, -0.1) is 0 Å². The van der Waals surface area contributed by atoms with Gasteiger partial charge in [-0.3, -0.25) is 5.32 Å². The van der Waals surface area contributed by atoms with Gasteiger partial charge >= 0.3 is 0 Å². The molecule has 2 aliphatic rings. The molecule has 1 aromatic heterocycles. The van der Waals surface area contributed by atoms with Crippen LogP contribution in [0.2, 0.25) is 0 Å². The van der Waals surface area contributed by atoms with Crippen LogP contribution in [0.3, 0.4) is 0 Å². The molecule has 2 atom stereocenters. The zero-order valence-corrected chi connectivity index (χ0v) is 12.5. The maximum absolute atomic E-state index is 5.04. The first-order valence-corrected chi connectivity index (χ1v) is 8.08. The summed E-state index contributed by atoms with van der Waals surface area (Å²) >= 11 is 0. The highest BCUT2D eigenvalue weighted by Crippen LogP contribution is 2.53. The van der Waals surface area contributed by atoms with Gasteiger partial charge in [0, 0.05) is 10.9 Å². The highest BCUT2D eigenvalue weighted by Gasteiger charge is 2.45. The van der Waals surface area contributed by atoms with E-state index < -0.39 is 0 Å². The fraction of sp³-hybridized carbons (Fsp3) is 0.0952. The van der Waals surface area contributed by atoms with Gasteiger partial charge in [0.25, 0.3) is 0 Å². The molecule has 0 radical (unpaired) electrons. The van der Waals surface area contributed by atoms with Gasteiger partial charge in [-0.2, -0.15) is 0 Å². The third-order valence-corrected chi connectivity index (χ3v) is 5.22. The van der Waals surface area contributed by atoms with Gasteiger partial charge in [-0.25, -0.2) is 4.98 Å². The van der Waals surface area contributed by atoms with Gasteiger partial charge in [-0.05, 0) is 34.0 Å². The second-order valence-electron chi connectivity index (χ2n) is 6.49. The average molecular weight is 294 g/mol. The van der Waals surface area contributed by atoms with Crippen molar-refractivity contribution in [2.75, 3.05) is 0 Å². The van der Waals surface area contributed by atoms with Crippen molar-refractivity contribution >= 4 is 21.7 Å². The van der Waals surface area contributed by atoms with E-state index in [1.807, 2.05) is 0 Å². The van der Waals surface area contributed by atoms with E-state index in [0.29, 0.717) is 12.1 Å². The number of hydrogen-bond acceptors (Lipinski definition) is 2. The predicted molar refractivity (Wildman–Crippen MR) is 93.3 cm³/mol. The van der Waals surface area contributed by atoms with E-state index in [4.69, 9.17) is 4.98 Å². The third kappa shape index (κ3) is 1.49. The molecule has 4 aromatic rings. The minimum atomic E-state index is 0.427. The number of nitrogens with one attached hydrogen (secondary N) is 1. The Morgan fingerprint density at radius 2 is 1.57 bits per heavy atom. The molecule has 108 valence electrons. The molecule has 6 rings (SSSR count). The van der Waals surface area contributed by atoms with Crippen LogP contribution in [0.15, 0.2) is 66.7 Å². The average Bonchev–Trinajstić information content (AvgIpc) is 3.42. The van der Waals surface area contributed by atoms with Crippen molar-refractivity contribution in [1.29, 1.82) is 0 Å². The monoisotopic (exact) mass is 294 g/mol. The number of benzene rings is 3. The van der Waals surface area contributed by atoms with Crippen LogP contribution >= 0.6 is 0 Å². The van der Waals surface area contributed by atoms with E-state index in [1.54, 1.807) is 0 Å². The van der Waals surface area contributed by atoms with Crippen molar-refractivity contribution in [1.82, 2.24) is 10.3 Å². The quantitative estimate of drug-likeness (QED) is 0.375. The molecule has 23 heavy (non-hydrogen) atoms. The number of nitrogens with zero attached hydrogens (tertiary/aromatic N) is 1. The van der Waals surface area contributed by atoms with Gasteiger partial charge in [0.05, 0.1) is 23.3 Å². The predicted octanol–water partition coefficient (Wildman–Crippen LogP) is 4.75. The molecule has 2 heterocycles. The van der Waals surface area contributed by atoms with Crippen LogP contribution in [0.5, 0.6) is 0 Å². The van der Waals surface area contributed by atoms with Crippen LogP contribution in [0.4, 0.5) is 0 Å². The van der Waals surface area contributed by atoms with Crippen molar-refractivity contribution in [3.63, 3.8) is 0 Å². The summed E-state index contributed by atoms with van der Waals surface area (Å²) in [6.45, 7) is 0. The maximum Gasteiger partial charge on any atom is 0.0761 e. The summed E-state index contributed by atoms with van der Waals surface area (Å²) in [7, 11) is 0. The molecule has 0 amide bonds. The Morgan fingerprint density at radius 3 is 2.57 bits per heavy atom. The Bertz CT molecular complexity index is 1110. The third-order valence-electron chi connectivity index (χ3n) is 5.22. The van der Waals surface area contributed by atoms with E-state index in [1.165, 1.54) is 32.8 Å². The molecule has 1 saturated heterocycles. The van der Waals surface area contributed by atoms with Crippen molar-refractivity contribution < 1.29 is 0 Å². The Kier molecular flexibility index (Phi) is 2.04. The lowest BCUT2D eigenvalue weighted by Gasteiger charge is -2.18. The Morgan fingerprint density at radius 1 is 0.739 bits per heavy atom. The minimum absolute atomic E-state index is 0.427. The van der Waals surface area contributed by atoms with Crippen molar-refractivity contribution in [2.45, 2.75) is 12.1 Å². The van der Waals surface area contributed by atoms with E-state index in [2.05, 4.69) is 72.0 Å². The highest BCUT2D eigenvalue weighted by atomic mass is 15.2. The van der Waals surface area contributed by atoms with E-state index in [-0.39, 0.29) is 0 Å². The van der Waals surface area contributed by atoms with Crippen LogP contribution in [0, 0.1) is 0 Å².